The minimum absolute atomic E-state index is 0.0126. The smallest absolute Gasteiger partial charge is 0.378 e. The fraction of sp³-hybridized carbons (Fsp3) is 0.409. The first-order chi connectivity index (χ1) is 16.5. The molecule has 3 amide bonds. The first-order valence-corrected chi connectivity index (χ1v) is 12.4. The number of imide groups is 1. The molecule has 1 spiro atoms. The lowest BCUT2D eigenvalue weighted by Crippen LogP contribution is -2.37. The van der Waals surface area contributed by atoms with E-state index >= 15 is 0 Å². The molecule has 1 aromatic heterocycles. The van der Waals surface area contributed by atoms with E-state index in [-0.39, 0.29) is 12.2 Å². The van der Waals surface area contributed by atoms with E-state index in [0.717, 1.165) is 40.5 Å². The Balaban J connectivity index is 1.39. The molecule has 1 aromatic carbocycles. The van der Waals surface area contributed by atoms with Gasteiger partial charge in [-0.05, 0) is 54.8 Å². The molecule has 186 valence electrons. The monoisotopic (exact) mass is 510 g/mol. The molecule has 3 fully saturated rings. The lowest BCUT2D eigenvalue weighted by atomic mass is 10.2. The van der Waals surface area contributed by atoms with Gasteiger partial charge in [0.15, 0.2) is 0 Å². The van der Waals surface area contributed by atoms with Crippen molar-refractivity contribution in [2.75, 3.05) is 36.1 Å². The van der Waals surface area contributed by atoms with Crippen LogP contribution in [0.4, 0.5) is 29.5 Å². The molecule has 3 heterocycles. The summed E-state index contributed by atoms with van der Waals surface area (Å²) < 4.78 is 67.1. The van der Waals surface area contributed by atoms with Gasteiger partial charge in [-0.25, -0.2) is 23.1 Å². The Morgan fingerprint density at radius 3 is 2.29 bits per heavy atom. The average Bonchev–Trinajstić information content (AvgIpc) is 3.61. The molecule has 0 radical (unpaired) electrons. The number of pyridine rings is 1. The largest absolute Gasteiger partial charge is 0.501 e. The molecule has 9 nitrogen and oxygen atoms in total. The van der Waals surface area contributed by atoms with Gasteiger partial charge in [-0.1, -0.05) is 0 Å². The molecule has 0 N–H and O–H groups in total. The van der Waals surface area contributed by atoms with E-state index in [2.05, 4.69) is 9.88 Å². The predicted octanol–water partition coefficient (Wildman–Crippen LogP) is 2.71. The highest BCUT2D eigenvalue weighted by molar-refractivity contribution is 7.92. The number of carbonyl (C=O) groups excluding carboxylic acids is 2. The second-order valence-corrected chi connectivity index (χ2v) is 10.5. The highest BCUT2D eigenvalue weighted by Crippen LogP contribution is 2.50. The molecule has 13 heteroatoms. The van der Waals surface area contributed by atoms with Gasteiger partial charge < -0.3 is 14.5 Å². The van der Waals surface area contributed by atoms with E-state index in [1.165, 1.54) is 4.90 Å². The molecule has 0 atom stereocenters. The number of amides is 3. The average molecular weight is 510 g/mol. The van der Waals surface area contributed by atoms with Crippen molar-refractivity contribution in [2.45, 2.75) is 35.3 Å². The van der Waals surface area contributed by atoms with Crippen molar-refractivity contribution in [3.05, 3.63) is 48.2 Å². The van der Waals surface area contributed by atoms with Crippen molar-refractivity contribution < 1.29 is 35.9 Å². The third-order valence-corrected chi connectivity index (χ3v) is 7.96. The quantitative estimate of drug-likeness (QED) is 0.571. The molecular formula is C22H21F3N4O5S. The van der Waals surface area contributed by atoms with Crippen LogP contribution in [0.2, 0.25) is 0 Å². The Bertz CT molecular complexity index is 1270. The number of sulfone groups is 1. The van der Waals surface area contributed by atoms with Crippen LogP contribution in [0.3, 0.4) is 0 Å². The minimum atomic E-state index is -5.54. The number of hydrogen-bond acceptors (Lipinski definition) is 7. The number of hydrogen-bond donors (Lipinski definition) is 0. The number of ether oxygens (including phenoxy) is 1. The maximum Gasteiger partial charge on any atom is 0.501 e. The summed E-state index contributed by atoms with van der Waals surface area (Å²) in [6.45, 7) is 2.71. The lowest BCUT2D eigenvalue weighted by Gasteiger charge is -2.28. The fourth-order valence-electron chi connectivity index (χ4n) is 4.38. The van der Waals surface area contributed by atoms with Gasteiger partial charge in [0.25, 0.3) is 15.7 Å². The summed E-state index contributed by atoms with van der Waals surface area (Å²) >= 11 is 0. The van der Waals surface area contributed by atoms with E-state index in [4.69, 9.17) is 4.74 Å². The normalized spacial score (nSPS) is 20.1. The van der Waals surface area contributed by atoms with Crippen LogP contribution < -0.4 is 9.80 Å². The van der Waals surface area contributed by atoms with Gasteiger partial charge in [-0.3, -0.25) is 4.79 Å². The molecule has 2 aliphatic heterocycles. The zero-order valence-corrected chi connectivity index (χ0v) is 19.2. The Morgan fingerprint density at radius 2 is 1.69 bits per heavy atom. The van der Waals surface area contributed by atoms with Crippen molar-refractivity contribution >= 4 is 33.3 Å². The van der Waals surface area contributed by atoms with Crippen LogP contribution in [0, 0.1) is 0 Å². The van der Waals surface area contributed by atoms with Gasteiger partial charge in [0.05, 0.1) is 23.8 Å². The number of halogens is 3. The van der Waals surface area contributed by atoms with E-state index in [9.17, 15) is 31.2 Å². The SMILES string of the molecule is O=C1N(c2ccc(S(=O)(=O)C(F)(F)F)cc2)C(=O)C2(CC2)N1Cc1ccnc(N2CCOCC2)c1. The molecule has 1 saturated carbocycles. The zero-order valence-electron chi connectivity index (χ0n) is 18.4. The van der Waals surface area contributed by atoms with Crippen molar-refractivity contribution in [1.29, 1.82) is 0 Å². The van der Waals surface area contributed by atoms with E-state index in [1.807, 2.05) is 6.07 Å². The second-order valence-electron chi connectivity index (χ2n) is 8.61. The molecule has 2 aromatic rings. The third-order valence-electron chi connectivity index (χ3n) is 6.46. The van der Waals surface area contributed by atoms with Crippen LogP contribution in [0.5, 0.6) is 0 Å². The van der Waals surface area contributed by atoms with Crippen LogP contribution in [-0.4, -0.2) is 67.6 Å². The maximum absolute atomic E-state index is 13.3. The lowest BCUT2D eigenvalue weighted by molar-refractivity contribution is -0.120. The van der Waals surface area contributed by atoms with E-state index < -0.39 is 37.7 Å². The molecule has 0 bridgehead atoms. The molecule has 3 aliphatic rings. The number of aromatic nitrogens is 1. The summed E-state index contributed by atoms with van der Waals surface area (Å²) in [7, 11) is -5.54. The number of rotatable bonds is 5. The van der Waals surface area contributed by atoms with Gasteiger partial charge in [0.2, 0.25) is 0 Å². The minimum Gasteiger partial charge on any atom is -0.378 e. The van der Waals surface area contributed by atoms with Crippen LogP contribution >= 0.6 is 0 Å². The van der Waals surface area contributed by atoms with Crippen LogP contribution in [0.1, 0.15) is 18.4 Å². The van der Waals surface area contributed by atoms with Gasteiger partial charge in [0.1, 0.15) is 11.4 Å². The summed E-state index contributed by atoms with van der Waals surface area (Å²) in [5.41, 5.74) is -5.66. The van der Waals surface area contributed by atoms with Crippen molar-refractivity contribution in [3.8, 4) is 0 Å². The topological polar surface area (TPSA) is 100 Å². The number of urea groups is 1. The Labute approximate surface area is 199 Å². The standard InChI is InChI=1S/C22H21F3N4O5S/c23-22(24,25)35(32,33)17-3-1-16(2-4-17)29-19(30)21(6-7-21)28(20(29)31)14-15-5-8-26-18(13-15)27-9-11-34-12-10-27/h1-5,8,13H,6-7,9-12,14H2. The molecule has 0 unspecified atom stereocenters. The molecule has 1 aliphatic carbocycles. The Hall–Kier alpha value is -3.19. The number of benzene rings is 1. The Morgan fingerprint density at radius 1 is 1.03 bits per heavy atom. The van der Waals surface area contributed by atoms with Crippen molar-refractivity contribution in [2.24, 2.45) is 0 Å². The number of alkyl halides is 3. The predicted molar refractivity (Wildman–Crippen MR) is 117 cm³/mol. The van der Waals surface area contributed by atoms with Gasteiger partial charge >= 0.3 is 11.5 Å². The van der Waals surface area contributed by atoms with E-state index in [1.54, 1.807) is 12.3 Å². The summed E-state index contributed by atoms with van der Waals surface area (Å²) in [4.78, 5) is 34.4. The number of carbonyl (C=O) groups is 2. The summed E-state index contributed by atoms with van der Waals surface area (Å²) in [6, 6.07) is 6.59. The van der Waals surface area contributed by atoms with Crippen LogP contribution in [-0.2, 0) is 25.9 Å². The number of nitrogens with zero attached hydrogens (tertiary/aromatic N) is 4. The van der Waals surface area contributed by atoms with Crippen LogP contribution in [0.25, 0.3) is 0 Å². The van der Waals surface area contributed by atoms with Gasteiger partial charge in [0, 0.05) is 25.8 Å². The van der Waals surface area contributed by atoms with Gasteiger partial charge in [-0.2, -0.15) is 13.2 Å². The first-order valence-electron chi connectivity index (χ1n) is 10.9. The van der Waals surface area contributed by atoms with Crippen molar-refractivity contribution in [1.82, 2.24) is 9.88 Å². The maximum atomic E-state index is 13.3. The number of morpholine rings is 1. The van der Waals surface area contributed by atoms with Crippen molar-refractivity contribution in [3.63, 3.8) is 0 Å². The zero-order chi connectivity index (χ0) is 25.0. The third kappa shape index (κ3) is 3.92. The Kier molecular flexibility index (Phi) is 5.51. The molecule has 35 heavy (non-hydrogen) atoms. The summed E-state index contributed by atoms with van der Waals surface area (Å²) in [5, 5.41) is 0. The highest BCUT2D eigenvalue weighted by atomic mass is 32.2. The van der Waals surface area contributed by atoms with Gasteiger partial charge in [-0.15, -0.1) is 0 Å². The van der Waals surface area contributed by atoms with E-state index in [0.29, 0.717) is 39.1 Å². The second kappa shape index (κ2) is 8.19. The first kappa shape index (κ1) is 23.5. The molecule has 2 saturated heterocycles. The molecule has 5 rings (SSSR count). The van der Waals surface area contributed by atoms with Crippen LogP contribution in [0.15, 0.2) is 47.5 Å². The highest BCUT2D eigenvalue weighted by Gasteiger charge is 2.65. The summed E-state index contributed by atoms with van der Waals surface area (Å²) in [6.07, 6.45) is 2.58. The fourth-order valence-corrected chi connectivity index (χ4v) is 5.14. The summed E-state index contributed by atoms with van der Waals surface area (Å²) in [5.74, 6) is 0.267. The number of anilines is 2. The molecular weight excluding hydrogens is 489 g/mol.